The molecule has 0 aliphatic heterocycles. The number of unbranched alkanes of at least 4 members (excludes halogenated alkanes) is 9. The molecule has 0 spiro atoms. The number of allylic oxidation sites excluding steroid dienone is 1. The molecule has 1 nitrogen and oxygen atoms in total. The van der Waals surface area contributed by atoms with Crippen LogP contribution in [0, 0.1) is 46.3 Å². The van der Waals surface area contributed by atoms with Crippen molar-refractivity contribution in [2.75, 3.05) is 6.61 Å². The predicted octanol–water partition coefficient (Wildman–Crippen LogP) is 12.3. The lowest BCUT2D eigenvalue weighted by molar-refractivity contribution is -0.0641. The Balaban J connectivity index is 1.21. The summed E-state index contributed by atoms with van der Waals surface area (Å²) < 4.78 is 6.52. The molecule has 0 aromatic heterocycles. The van der Waals surface area contributed by atoms with E-state index < -0.39 is 0 Å². The summed E-state index contributed by atoms with van der Waals surface area (Å²) in [5.41, 5.74) is 2.87. The van der Waals surface area contributed by atoms with Crippen LogP contribution in [0.4, 0.5) is 0 Å². The van der Waals surface area contributed by atoms with E-state index in [1.54, 1.807) is 5.57 Å². The maximum Gasteiger partial charge on any atom is 0.0612 e. The topological polar surface area (TPSA) is 9.23 Å². The smallest absolute Gasteiger partial charge is 0.0612 e. The standard InChI is InChI=1S/C39H70O/c1-7-8-9-10-11-12-13-14-15-16-28-40-33-24-26-38(5)32(29-33)20-21-34-36-23-22-35(31(4)19-17-18-30(2)3)39(36,6)27-25-37(34)38/h20,30-31,33-37H,7-19,21-29H2,1-6H3/t31-,33+,34+,35-,36+,37+,38+,39-/m1/s1. The number of hydrogen-bond donors (Lipinski definition) is 0. The molecule has 4 aliphatic carbocycles. The largest absolute Gasteiger partial charge is 0.378 e. The maximum atomic E-state index is 6.52. The molecule has 3 saturated carbocycles. The van der Waals surface area contributed by atoms with Gasteiger partial charge in [0.05, 0.1) is 6.10 Å². The van der Waals surface area contributed by atoms with Gasteiger partial charge in [0.25, 0.3) is 0 Å². The van der Waals surface area contributed by atoms with Crippen molar-refractivity contribution in [3.8, 4) is 0 Å². The zero-order valence-corrected chi connectivity index (χ0v) is 28.1. The van der Waals surface area contributed by atoms with Gasteiger partial charge in [-0.25, -0.2) is 0 Å². The van der Waals surface area contributed by atoms with E-state index in [1.165, 1.54) is 135 Å². The van der Waals surface area contributed by atoms with Gasteiger partial charge in [0.2, 0.25) is 0 Å². The van der Waals surface area contributed by atoms with Crippen molar-refractivity contribution in [3.63, 3.8) is 0 Å². The number of hydrogen-bond acceptors (Lipinski definition) is 1. The molecule has 0 saturated heterocycles. The first-order valence-corrected chi connectivity index (χ1v) is 18.6. The molecule has 4 aliphatic rings. The minimum absolute atomic E-state index is 0.461. The van der Waals surface area contributed by atoms with Gasteiger partial charge in [0, 0.05) is 6.61 Å². The van der Waals surface area contributed by atoms with E-state index in [-0.39, 0.29) is 0 Å². The summed E-state index contributed by atoms with van der Waals surface area (Å²) in [4.78, 5) is 0. The highest BCUT2D eigenvalue weighted by atomic mass is 16.5. The second-order valence-corrected chi connectivity index (χ2v) is 16.2. The fourth-order valence-electron chi connectivity index (χ4n) is 10.6. The van der Waals surface area contributed by atoms with E-state index in [1.807, 2.05) is 0 Å². The van der Waals surface area contributed by atoms with Crippen LogP contribution in [-0.4, -0.2) is 12.7 Å². The van der Waals surface area contributed by atoms with Crippen LogP contribution in [-0.2, 0) is 4.74 Å². The molecule has 40 heavy (non-hydrogen) atoms. The molecular formula is C39H70O. The Morgan fingerprint density at radius 3 is 2.17 bits per heavy atom. The van der Waals surface area contributed by atoms with Gasteiger partial charge in [-0.05, 0) is 104 Å². The molecule has 0 heterocycles. The van der Waals surface area contributed by atoms with Crippen LogP contribution in [0.1, 0.15) is 176 Å². The van der Waals surface area contributed by atoms with Gasteiger partial charge in [-0.15, -0.1) is 0 Å². The predicted molar refractivity (Wildman–Crippen MR) is 175 cm³/mol. The monoisotopic (exact) mass is 555 g/mol. The molecule has 0 amide bonds. The van der Waals surface area contributed by atoms with Crippen molar-refractivity contribution in [3.05, 3.63) is 11.6 Å². The van der Waals surface area contributed by atoms with Gasteiger partial charge in [0.15, 0.2) is 0 Å². The van der Waals surface area contributed by atoms with Gasteiger partial charge in [-0.1, -0.05) is 130 Å². The number of ether oxygens (including phenoxy) is 1. The van der Waals surface area contributed by atoms with Crippen LogP contribution in [0.15, 0.2) is 11.6 Å². The quantitative estimate of drug-likeness (QED) is 0.128. The van der Waals surface area contributed by atoms with E-state index in [2.05, 4.69) is 47.6 Å². The van der Waals surface area contributed by atoms with Gasteiger partial charge in [-0.2, -0.15) is 0 Å². The summed E-state index contributed by atoms with van der Waals surface area (Å²) in [5.74, 6) is 5.60. The molecular weight excluding hydrogens is 484 g/mol. The molecule has 232 valence electrons. The van der Waals surface area contributed by atoms with Crippen molar-refractivity contribution in [1.82, 2.24) is 0 Å². The Hall–Kier alpha value is -0.300. The third-order valence-corrected chi connectivity index (χ3v) is 13.1. The van der Waals surface area contributed by atoms with Crippen LogP contribution in [0.2, 0.25) is 0 Å². The Morgan fingerprint density at radius 1 is 0.775 bits per heavy atom. The molecule has 4 rings (SSSR count). The molecule has 0 aromatic rings. The van der Waals surface area contributed by atoms with E-state index in [0.29, 0.717) is 16.9 Å². The van der Waals surface area contributed by atoms with Crippen molar-refractivity contribution in [1.29, 1.82) is 0 Å². The Morgan fingerprint density at radius 2 is 1.48 bits per heavy atom. The molecule has 0 N–H and O–H groups in total. The van der Waals surface area contributed by atoms with Gasteiger partial charge < -0.3 is 4.74 Å². The van der Waals surface area contributed by atoms with Gasteiger partial charge in [-0.3, -0.25) is 0 Å². The summed E-state index contributed by atoms with van der Waals surface area (Å²) in [6.45, 7) is 16.1. The molecule has 8 atom stereocenters. The zero-order valence-electron chi connectivity index (χ0n) is 28.1. The lowest BCUT2D eigenvalue weighted by Gasteiger charge is -2.58. The second kappa shape index (κ2) is 15.4. The number of fused-ring (bicyclic) bond motifs is 5. The fraction of sp³-hybridized carbons (Fsp3) is 0.949. The van der Waals surface area contributed by atoms with E-state index >= 15 is 0 Å². The third-order valence-electron chi connectivity index (χ3n) is 13.1. The minimum atomic E-state index is 0.461. The first-order valence-electron chi connectivity index (χ1n) is 18.6. The highest BCUT2D eigenvalue weighted by Gasteiger charge is 2.59. The average Bonchev–Trinajstić information content (AvgIpc) is 3.29. The Labute approximate surface area is 251 Å². The maximum absolute atomic E-state index is 6.52. The van der Waals surface area contributed by atoms with Crippen molar-refractivity contribution < 1.29 is 4.74 Å². The van der Waals surface area contributed by atoms with E-state index in [4.69, 9.17) is 4.74 Å². The minimum Gasteiger partial charge on any atom is -0.378 e. The summed E-state index contributed by atoms with van der Waals surface area (Å²) in [7, 11) is 0. The highest BCUT2D eigenvalue weighted by molar-refractivity contribution is 5.25. The molecule has 0 bridgehead atoms. The second-order valence-electron chi connectivity index (χ2n) is 16.2. The van der Waals surface area contributed by atoms with Crippen molar-refractivity contribution >= 4 is 0 Å². The van der Waals surface area contributed by atoms with Crippen LogP contribution in [0.5, 0.6) is 0 Å². The van der Waals surface area contributed by atoms with Gasteiger partial charge in [0.1, 0.15) is 0 Å². The SMILES string of the molecule is CCCCCCCCCCCCO[C@H]1CC[C@@]2(C)C(=CC[C@H]3[C@@H]4CC[C@H]([C@H](C)CCCC(C)C)[C@@]4(C)CC[C@@H]32)C1. The molecule has 0 aromatic carbocycles. The summed E-state index contributed by atoms with van der Waals surface area (Å²) in [5, 5.41) is 0. The molecule has 1 heteroatoms. The summed E-state index contributed by atoms with van der Waals surface area (Å²) >= 11 is 0. The zero-order chi connectivity index (χ0) is 28.6. The van der Waals surface area contributed by atoms with Crippen molar-refractivity contribution in [2.45, 2.75) is 182 Å². The molecule has 3 fully saturated rings. The summed E-state index contributed by atoms with van der Waals surface area (Å²) in [6.07, 6.45) is 32.9. The average molecular weight is 555 g/mol. The Bertz CT molecular complexity index is 767. The number of rotatable bonds is 17. The third kappa shape index (κ3) is 7.80. The van der Waals surface area contributed by atoms with Crippen LogP contribution >= 0.6 is 0 Å². The van der Waals surface area contributed by atoms with Crippen LogP contribution in [0.25, 0.3) is 0 Å². The first-order chi connectivity index (χ1) is 19.3. The van der Waals surface area contributed by atoms with Crippen molar-refractivity contribution in [2.24, 2.45) is 46.3 Å². The fourth-order valence-corrected chi connectivity index (χ4v) is 10.6. The molecule has 0 unspecified atom stereocenters. The van der Waals surface area contributed by atoms with E-state index in [0.717, 1.165) is 42.1 Å². The van der Waals surface area contributed by atoms with Gasteiger partial charge >= 0.3 is 0 Å². The highest BCUT2D eigenvalue weighted by Crippen LogP contribution is 2.67. The van der Waals surface area contributed by atoms with Crippen LogP contribution < -0.4 is 0 Å². The Kier molecular flexibility index (Phi) is 12.6. The lowest BCUT2D eigenvalue weighted by atomic mass is 9.47. The lowest BCUT2D eigenvalue weighted by Crippen LogP contribution is -2.51. The summed E-state index contributed by atoms with van der Waals surface area (Å²) in [6, 6.07) is 0. The van der Waals surface area contributed by atoms with E-state index in [9.17, 15) is 0 Å². The first kappa shape index (κ1) is 32.6. The normalized spacial score (nSPS) is 36.2. The molecule has 0 radical (unpaired) electrons. The van der Waals surface area contributed by atoms with Crippen LogP contribution in [0.3, 0.4) is 0 Å².